The molecule has 1 unspecified atom stereocenters. The number of nitrogens with zero attached hydrogens (tertiary/aromatic N) is 2. The Morgan fingerprint density at radius 2 is 2.13 bits per heavy atom. The fraction of sp³-hybridized carbons (Fsp3) is 0.333. The molecule has 0 bridgehead atoms. The van der Waals surface area contributed by atoms with Gasteiger partial charge in [0.05, 0.1) is 17.7 Å². The molecule has 1 rings (SSSR count). The van der Waals surface area contributed by atoms with Crippen molar-refractivity contribution in [3.8, 4) is 6.07 Å². The van der Waals surface area contributed by atoms with Crippen molar-refractivity contribution in [3.63, 3.8) is 0 Å². The smallest absolute Gasteiger partial charge is 0.0991 e. The second-order valence-corrected chi connectivity index (χ2v) is 3.42. The molecular formula is C12H15N3. The molecule has 0 amide bonds. The van der Waals surface area contributed by atoms with Crippen LogP contribution in [0.3, 0.4) is 0 Å². The first-order chi connectivity index (χ1) is 7.26. The maximum atomic E-state index is 8.62. The Balaban J connectivity index is 2.61. The molecule has 0 saturated heterocycles. The maximum Gasteiger partial charge on any atom is 0.0991 e. The van der Waals surface area contributed by atoms with Crippen LogP contribution in [0.15, 0.2) is 29.3 Å². The largest absolute Gasteiger partial charge is 0.318 e. The molecule has 3 nitrogen and oxygen atoms in total. The highest BCUT2D eigenvalue weighted by Crippen LogP contribution is 2.01. The van der Waals surface area contributed by atoms with Crippen molar-refractivity contribution in [2.45, 2.75) is 13.0 Å². The number of rotatable bonds is 4. The van der Waals surface area contributed by atoms with E-state index in [1.165, 1.54) is 0 Å². The van der Waals surface area contributed by atoms with Crippen LogP contribution >= 0.6 is 0 Å². The molecule has 0 fully saturated rings. The van der Waals surface area contributed by atoms with Crippen molar-refractivity contribution in [1.82, 2.24) is 5.32 Å². The minimum absolute atomic E-state index is 0.269. The molecule has 0 aliphatic rings. The molecule has 0 radical (unpaired) electrons. The SMILES string of the molecule is CNCC(C)N=Cc1ccc(C#N)cc1. The summed E-state index contributed by atoms with van der Waals surface area (Å²) in [5.41, 5.74) is 1.70. The highest BCUT2D eigenvalue weighted by Gasteiger charge is 1.94. The highest BCUT2D eigenvalue weighted by atomic mass is 14.9. The van der Waals surface area contributed by atoms with Crippen molar-refractivity contribution in [2.75, 3.05) is 13.6 Å². The first-order valence-corrected chi connectivity index (χ1v) is 4.94. The van der Waals surface area contributed by atoms with E-state index in [1.807, 2.05) is 25.4 Å². The Labute approximate surface area is 90.5 Å². The zero-order valence-corrected chi connectivity index (χ0v) is 9.07. The topological polar surface area (TPSA) is 48.2 Å². The number of nitriles is 1. The lowest BCUT2D eigenvalue weighted by atomic mass is 10.2. The van der Waals surface area contributed by atoms with E-state index >= 15 is 0 Å². The van der Waals surface area contributed by atoms with Crippen LogP contribution in [0.25, 0.3) is 0 Å². The molecule has 0 spiro atoms. The van der Waals surface area contributed by atoms with Gasteiger partial charge in [0.15, 0.2) is 0 Å². The van der Waals surface area contributed by atoms with Crippen LogP contribution in [0.4, 0.5) is 0 Å². The molecule has 1 aromatic carbocycles. The summed E-state index contributed by atoms with van der Waals surface area (Å²) < 4.78 is 0. The Morgan fingerprint density at radius 3 is 2.67 bits per heavy atom. The van der Waals surface area contributed by atoms with Crippen LogP contribution in [0.5, 0.6) is 0 Å². The van der Waals surface area contributed by atoms with Gasteiger partial charge in [-0.05, 0) is 31.7 Å². The third-order valence-electron chi connectivity index (χ3n) is 2.02. The number of benzene rings is 1. The standard InChI is InChI=1S/C12H15N3/c1-10(8-14-2)15-9-12-5-3-11(7-13)4-6-12/h3-6,9-10,14H,8H2,1-2H3. The van der Waals surface area contributed by atoms with E-state index in [0.717, 1.165) is 12.1 Å². The van der Waals surface area contributed by atoms with Crippen molar-refractivity contribution >= 4 is 6.21 Å². The third-order valence-corrected chi connectivity index (χ3v) is 2.02. The summed E-state index contributed by atoms with van der Waals surface area (Å²) in [6, 6.07) is 9.74. The molecule has 0 aromatic heterocycles. The number of likely N-dealkylation sites (N-methyl/N-ethyl adjacent to an activating group) is 1. The van der Waals surface area contributed by atoms with Gasteiger partial charge >= 0.3 is 0 Å². The van der Waals surface area contributed by atoms with E-state index in [4.69, 9.17) is 5.26 Å². The third kappa shape index (κ3) is 3.92. The van der Waals surface area contributed by atoms with Crippen LogP contribution in [-0.2, 0) is 0 Å². The summed E-state index contributed by atoms with van der Waals surface area (Å²) in [5, 5.41) is 11.7. The summed E-state index contributed by atoms with van der Waals surface area (Å²) in [7, 11) is 1.91. The van der Waals surface area contributed by atoms with Crippen molar-refractivity contribution in [3.05, 3.63) is 35.4 Å². The number of hydrogen-bond acceptors (Lipinski definition) is 3. The molecule has 0 heterocycles. The fourth-order valence-electron chi connectivity index (χ4n) is 1.21. The van der Waals surface area contributed by atoms with Crippen LogP contribution in [0.2, 0.25) is 0 Å². The van der Waals surface area contributed by atoms with Crippen molar-refractivity contribution < 1.29 is 0 Å². The fourth-order valence-corrected chi connectivity index (χ4v) is 1.21. The molecule has 15 heavy (non-hydrogen) atoms. The number of aliphatic imine (C=N–C) groups is 1. The zero-order chi connectivity index (χ0) is 11.1. The van der Waals surface area contributed by atoms with Gasteiger partial charge in [-0.2, -0.15) is 5.26 Å². The van der Waals surface area contributed by atoms with Gasteiger partial charge in [0.2, 0.25) is 0 Å². The summed E-state index contributed by atoms with van der Waals surface area (Å²) >= 11 is 0. The van der Waals surface area contributed by atoms with Gasteiger partial charge in [-0.1, -0.05) is 12.1 Å². The van der Waals surface area contributed by atoms with Gasteiger partial charge in [-0.3, -0.25) is 4.99 Å². The monoisotopic (exact) mass is 201 g/mol. The van der Waals surface area contributed by atoms with Crippen LogP contribution < -0.4 is 5.32 Å². The molecule has 0 saturated carbocycles. The lowest BCUT2D eigenvalue weighted by molar-refractivity contribution is 0.670. The molecule has 1 atom stereocenters. The summed E-state index contributed by atoms with van der Waals surface area (Å²) in [6.45, 7) is 2.92. The molecule has 1 aromatic rings. The summed E-state index contributed by atoms with van der Waals surface area (Å²) in [6.07, 6.45) is 1.84. The van der Waals surface area contributed by atoms with Crippen LogP contribution in [-0.4, -0.2) is 25.8 Å². The van der Waals surface area contributed by atoms with Gasteiger partial charge in [0.1, 0.15) is 0 Å². The van der Waals surface area contributed by atoms with E-state index in [0.29, 0.717) is 5.56 Å². The molecule has 78 valence electrons. The predicted octanol–water partition coefficient (Wildman–Crippen LogP) is 1.59. The van der Waals surface area contributed by atoms with Crippen molar-refractivity contribution in [1.29, 1.82) is 5.26 Å². The molecule has 3 heteroatoms. The first kappa shape index (κ1) is 11.4. The lowest BCUT2D eigenvalue weighted by Crippen LogP contribution is -2.19. The molecule has 0 aliphatic carbocycles. The minimum Gasteiger partial charge on any atom is -0.318 e. The number of nitrogens with one attached hydrogen (secondary N) is 1. The molecule has 0 aliphatic heterocycles. The highest BCUT2D eigenvalue weighted by molar-refractivity contribution is 5.79. The Kier molecular flexibility index (Phi) is 4.52. The van der Waals surface area contributed by atoms with Crippen LogP contribution in [0, 0.1) is 11.3 Å². The van der Waals surface area contributed by atoms with E-state index in [-0.39, 0.29) is 6.04 Å². The Bertz CT molecular complexity index is 359. The Morgan fingerprint density at radius 1 is 1.47 bits per heavy atom. The van der Waals surface area contributed by atoms with E-state index < -0.39 is 0 Å². The maximum absolute atomic E-state index is 8.62. The summed E-state index contributed by atoms with van der Waals surface area (Å²) in [4.78, 5) is 4.37. The average molecular weight is 201 g/mol. The van der Waals surface area contributed by atoms with Gasteiger partial charge in [-0.25, -0.2) is 0 Å². The van der Waals surface area contributed by atoms with Crippen LogP contribution in [0.1, 0.15) is 18.1 Å². The van der Waals surface area contributed by atoms with E-state index in [1.54, 1.807) is 12.1 Å². The minimum atomic E-state index is 0.269. The molecule has 1 N–H and O–H groups in total. The van der Waals surface area contributed by atoms with Crippen molar-refractivity contribution in [2.24, 2.45) is 4.99 Å². The normalized spacial score (nSPS) is 12.6. The lowest BCUT2D eigenvalue weighted by Gasteiger charge is -2.03. The second-order valence-electron chi connectivity index (χ2n) is 3.42. The van der Waals surface area contributed by atoms with Gasteiger partial charge in [-0.15, -0.1) is 0 Å². The van der Waals surface area contributed by atoms with Gasteiger partial charge in [0, 0.05) is 12.8 Å². The first-order valence-electron chi connectivity index (χ1n) is 4.94. The van der Waals surface area contributed by atoms with Gasteiger partial charge in [0.25, 0.3) is 0 Å². The van der Waals surface area contributed by atoms with E-state index in [9.17, 15) is 0 Å². The predicted molar refractivity (Wildman–Crippen MR) is 62.1 cm³/mol. The summed E-state index contributed by atoms with van der Waals surface area (Å²) in [5.74, 6) is 0. The second kappa shape index (κ2) is 5.94. The Hall–Kier alpha value is -1.66. The number of hydrogen-bond donors (Lipinski definition) is 1. The molecular weight excluding hydrogens is 186 g/mol. The zero-order valence-electron chi connectivity index (χ0n) is 9.07. The quantitative estimate of drug-likeness (QED) is 0.752. The van der Waals surface area contributed by atoms with E-state index in [2.05, 4.69) is 23.3 Å². The average Bonchev–Trinajstić information content (AvgIpc) is 2.27. The van der Waals surface area contributed by atoms with Gasteiger partial charge < -0.3 is 5.32 Å².